The summed E-state index contributed by atoms with van der Waals surface area (Å²) in [7, 11) is -3.66. The highest BCUT2D eigenvalue weighted by atomic mass is 35.5. The van der Waals surface area contributed by atoms with E-state index >= 15 is 0 Å². The zero-order chi connectivity index (χ0) is 19.1. The van der Waals surface area contributed by atoms with Crippen molar-refractivity contribution in [3.05, 3.63) is 62.6 Å². The van der Waals surface area contributed by atoms with Crippen LogP contribution in [0.3, 0.4) is 0 Å². The van der Waals surface area contributed by atoms with Crippen LogP contribution in [0.1, 0.15) is 12.0 Å². The number of carbonyl (C=O) groups excluding carboxylic acids is 1. The van der Waals surface area contributed by atoms with Crippen LogP contribution < -0.4 is 5.32 Å². The molecule has 0 aromatic heterocycles. The molecule has 3 rings (SSSR count). The fraction of sp³-hybridized carbons (Fsp3) is 0.118. The number of halogens is 3. The summed E-state index contributed by atoms with van der Waals surface area (Å²) in [5, 5.41) is 14.0. The summed E-state index contributed by atoms with van der Waals surface area (Å²) in [6, 6.07) is 8.58. The van der Waals surface area contributed by atoms with Crippen molar-refractivity contribution in [1.29, 1.82) is 0 Å². The number of sulfone groups is 1. The molecule has 1 heterocycles. The lowest BCUT2D eigenvalue weighted by Crippen LogP contribution is -2.17. The van der Waals surface area contributed by atoms with Gasteiger partial charge in [0.1, 0.15) is 5.76 Å². The van der Waals surface area contributed by atoms with Gasteiger partial charge in [0.2, 0.25) is 0 Å². The van der Waals surface area contributed by atoms with Crippen LogP contribution in [0.5, 0.6) is 0 Å². The Balaban J connectivity index is 2.02. The van der Waals surface area contributed by atoms with Crippen molar-refractivity contribution in [1.82, 2.24) is 0 Å². The lowest BCUT2D eigenvalue weighted by molar-refractivity contribution is -0.113. The zero-order valence-corrected chi connectivity index (χ0v) is 16.2. The maximum atomic E-state index is 12.6. The second-order valence-corrected chi connectivity index (χ2v) is 8.95. The minimum absolute atomic E-state index is 0.00860. The van der Waals surface area contributed by atoms with E-state index in [4.69, 9.17) is 34.8 Å². The average molecular weight is 433 g/mol. The fourth-order valence-corrected chi connectivity index (χ4v) is 4.52. The molecule has 9 heteroatoms. The zero-order valence-electron chi connectivity index (χ0n) is 13.1. The van der Waals surface area contributed by atoms with Gasteiger partial charge in [-0.25, -0.2) is 8.42 Å². The van der Waals surface area contributed by atoms with Gasteiger partial charge in [-0.2, -0.15) is 0 Å². The van der Waals surface area contributed by atoms with E-state index in [1.165, 1.54) is 30.3 Å². The van der Waals surface area contributed by atoms with Gasteiger partial charge >= 0.3 is 0 Å². The number of anilines is 1. The Morgan fingerprint density at radius 2 is 1.77 bits per heavy atom. The molecule has 1 amide bonds. The normalized spacial score (nSPS) is 16.0. The average Bonchev–Trinajstić information content (AvgIpc) is 2.66. The predicted molar refractivity (Wildman–Crippen MR) is 103 cm³/mol. The van der Waals surface area contributed by atoms with Crippen LogP contribution in [0, 0.1) is 0 Å². The molecule has 26 heavy (non-hydrogen) atoms. The number of fused-ring (bicyclic) bond motifs is 1. The van der Waals surface area contributed by atoms with E-state index in [0.29, 0.717) is 10.7 Å². The van der Waals surface area contributed by atoms with Crippen LogP contribution in [0.2, 0.25) is 15.1 Å². The van der Waals surface area contributed by atoms with Gasteiger partial charge < -0.3 is 10.4 Å². The lowest BCUT2D eigenvalue weighted by Gasteiger charge is -2.10. The Bertz CT molecular complexity index is 1050. The summed E-state index contributed by atoms with van der Waals surface area (Å²) >= 11 is 17.7. The molecule has 0 radical (unpaired) electrons. The number of hydrogen-bond donors (Lipinski definition) is 2. The first-order valence-electron chi connectivity index (χ1n) is 7.40. The van der Waals surface area contributed by atoms with E-state index < -0.39 is 21.5 Å². The molecule has 136 valence electrons. The van der Waals surface area contributed by atoms with Crippen LogP contribution in [0.25, 0.3) is 5.76 Å². The molecule has 0 saturated heterocycles. The highest BCUT2D eigenvalue weighted by Gasteiger charge is 2.30. The number of aliphatic hydroxyl groups is 1. The number of aliphatic hydroxyl groups excluding tert-OH is 1. The van der Waals surface area contributed by atoms with Crippen molar-refractivity contribution in [3.63, 3.8) is 0 Å². The van der Waals surface area contributed by atoms with Gasteiger partial charge in [-0.3, -0.25) is 4.79 Å². The minimum atomic E-state index is -3.66. The van der Waals surface area contributed by atoms with Crippen molar-refractivity contribution in [2.45, 2.75) is 11.3 Å². The Morgan fingerprint density at radius 3 is 2.46 bits per heavy atom. The molecule has 1 aliphatic rings. The summed E-state index contributed by atoms with van der Waals surface area (Å²) in [5.41, 5.74) is 0.318. The van der Waals surface area contributed by atoms with E-state index in [-0.39, 0.29) is 38.3 Å². The highest BCUT2D eigenvalue weighted by molar-refractivity contribution is 7.91. The van der Waals surface area contributed by atoms with E-state index in [1.54, 1.807) is 6.07 Å². The summed E-state index contributed by atoms with van der Waals surface area (Å²) < 4.78 is 24.8. The molecule has 0 aliphatic carbocycles. The monoisotopic (exact) mass is 431 g/mol. The second kappa shape index (κ2) is 7.12. The summed E-state index contributed by atoms with van der Waals surface area (Å²) in [4.78, 5) is 12.5. The van der Waals surface area contributed by atoms with Gasteiger partial charge in [0.15, 0.2) is 9.84 Å². The molecule has 2 aromatic rings. The summed E-state index contributed by atoms with van der Waals surface area (Å²) in [5.74, 6) is -1.36. The first kappa shape index (κ1) is 19.0. The molecule has 0 spiro atoms. The molecule has 0 fully saturated rings. The number of nitrogens with one attached hydrogen (secondary N) is 1. The minimum Gasteiger partial charge on any atom is -0.507 e. The van der Waals surface area contributed by atoms with Gasteiger partial charge in [-0.15, -0.1) is 0 Å². The maximum absolute atomic E-state index is 12.6. The van der Waals surface area contributed by atoms with E-state index in [0.717, 1.165) is 0 Å². The number of hydrogen-bond acceptors (Lipinski definition) is 4. The molecule has 0 unspecified atom stereocenters. The lowest BCUT2D eigenvalue weighted by atomic mass is 10.1. The maximum Gasteiger partial charge on any atom is 0.255 e. The summed E-state index contributed by atoms with van der Waals surface area (Å²) in [6.45, 7) is 0. The molecule has 0 bridgehead atoms. The van der Waals surface area contributed by atoms with Crippen molar-refractivity contribution in [2.75, 3.05) is 11.1 Å². The molecule has 0 atom stereocenters. The topological polar surface area (TPSA) is 83.5 Å². The smallest absolute Gasteiger partial charge is 0.255 e. The molecule has 2 aromatic carbocycles. The third-order valence-electron chi connectivity index (χ3n) is 3.89. The number of rotatable bonds is 2. The quantitative estimate of drug-likeness (QED) is 0.718. The van der Waals surface area contributed by atoms with E-state index in [9.17, 15) is 18.3 Å². The van der Waals surface area contributed by atoms with Crippen LogP contribution in [0.15, 0.2) is 46.9 Å². The summed E-state index contributed by atoms with van der Waals surface area (Å²) in [6.07, 6.45) is -0.145. The number of amides is 1. The van der Waals surface area contributed by atoms with Gasteiger partial charge in [0.25, 0.3) is 5.91 Å². The molecular formula is C17H12Cl3NO4S. The molecular weight excluding hydrogens is 421 g/mol. The van der Waals surface area contributed by atoms with Gasteiger partial charge in [0.05, 0.1) is 26.3 Å². The largest absolute Gasteiger partial charge is 0.507 e. The van der Waals surface area contributed by atoms with Gasteiger partial charge in [-0.05, 0) is 42.8 Å². The van der Waals surface area contributed by atoms with Crippen LogP contribution in [-0.2, 0) is 14.6 Å². The molecule has 0 saturated carbocycles. The Morgan fingerprint density at radius 1 is 1.04 bits per heavy atom. The van der Waals surface area contributed by atoms with Crippen molar-refractivity contribution in [2.24, 2.45) is 0 Å². The highest BCUT2D eigenvalue weighted by Crippen LogP contribution is 2.33. The SMILES string of the molecule is O=C(Nc1ccc(Cl)c(Cl)c1)C1=C(O)c2cc(Cl)ccc2S(=O)(=O)CC1. The van der Waals surface area contributed by atoms with Gasteiger partial charge in [-0.1, -0.05) is 34.8 Å². The fourth-order valence-electron chi connectivity index (χ4n) is 2.59. The van der Waals surface area contributed by atoms with Crippen molar-refractivity contribution in [3.8, 4) is 0 Å². The van der Waals surface area contributed by atoms with Crippen LogP contribution >= 0.6 is 34.8 Å². The Labute approximate surface area is 165 Å². The van der Waals surface area contributed by atoms with Crippen LogP contribution in [-0.4, -0.2) is 25.2 Å². The van der Waals surface area contributed by atoms with Crippen molar-refractivity contribution < 1.29 is 18.3 Å². The predicted octanol–water partition coefficient (Wildman–Crippen LogP) is 4.73. The molecule has 5 nitrogen and oxygen atoms in total. The number of benzene rings is 2. The first-order valence-corrected chi connectivity index (χ1v) is 10.2. The standard InChI is InChI=1S/C17H12Cl3NO4S/c18-9-1-4-15-12(7-9)16(22)11(5-6-26(15,24)25)17(23)21-10-2-3-13(19)14(20)8-10/h1-4,7-8,22H,5-6H2,(H,21,23). The third-order valence-corrected chi connectivity index (χ3v) is 6.63. The first-order chi connectivity index (χ1) is 12.2. The number of carbonyl (C=O) groups is 1. The van der Waals surface area contributed by atoms with E-state index in [1.807, 2.05) is 0 Å². The molecule has 1 aliphatic heterocycles. The Kier molecular flexibility index (Phi) is 5.21. The molecule has 2 N–H and O–H groups in total. The van der Waals surface area contributed by atoms with Crippen LogP contribution in [0.4, 0.5) is 5.69 Å². The Hall–Kier alpha value is -1.73. The van der Waals surface area contributed by atoms with Crippen molar-refractivity contribution >= 4 is 62.0 Å². The second-order valence-electron chi connectivity index (χ2n) is 5.62. The van der Waals surface area contributed by atoms with Gasteiger partial charge in [0, 0.05) is 16.3 Å². The third kappa shape index (κ3) is 3.69. The van der Waals surface area contributed by atoms with E-state index in [2.05, 4.69) is 5.32 Å².